The van der Waals surface area contributed by atoms with Gasteiger partial charge >= 0.3 is 5.97 Å². The molecule has 82 valence electrons. The number of rotatable bonds is 4. The van der Waals surface area contributed by atoms with Crippen molar-refractivity contribution < 1.29 is 14.3 Å². The SMILES string of the molecule is CCC(Cc1cc(Br)ccc1F)C(=O)O. The second-order valence-corrected chi connectivity index (χ2v) is 4.30. The summed E-state index contributed by atoms with van der Waals surface area (Å²) in [7, 11) is 0. The van der Waals surface area contributed by atoms with Gasteiger partial charge in [-0.3, -0.25) is 4.79 Å². The molecule has 0 aliphatic heterocycles. The third-order valence-corrected chi connectivity index (χ3v) is 2.81. The van der Waals surface area contributed by atoms with Gasteiger partial charge in [-0.15, -0.1) is 0 Å². The first-order chi connectivity index (χ1) is 7.04. The van der Waals surface area contributed by atoms with E-state index in [1.165, 1.54) is 6.07 Å². The van der Waals surface area contributed by atoms with Crippen molar-refractivity contribution in [1.82, 2.24) is 0 Å². The highest BCUT2D eigenvalue weighted by molar-refractivity contribution is 9.10. The highest BCUT2D eigenvalue weighted by Gasteiger charge is 2.17. The van der Waals surface area contributed by atoms with Crippen LogP contribution in [0.15, 0.2) is 22.7 Å². The van der Waals surface area contributed by atoms with E-state index in [-0.39, 0.29) is 12.2 Å². The van der Waals surface area contributed by atoms with Crippen molar-refractivity contribution in [1.29, 1.82) is 0 Å². The summed E-state index contributed by atoms with van der Waals surface area (Å²) < 4.78 is 14.1. The first kappa shape index (κ1) is 12.2. The van der Waals surface area contributed by atoms with E-state index < -0.39 is 11.9 Å². The lowest BCUT2D eigenvalue weighted by Crippen LogP contribution is -2.16. The van der Waals surface area contributed by atoms with Crippen LogP contribution in [0.1, 0.15) is 18.9 Å². The molecule has 0 aliphatic rings. The van der Waals surface area contributed by atoms with Crippen LogP contribution >= 0.6 is 15.9 Å². The van der Waals surface area contributed by atoms with E-state index in [9.17, 15) is 9.18 Å². The number of carboxylic acids is 1. The molecule has 0 saturated heterocycles. The molecule has 0 aromatic heterocycles. The molecule has 0 bridgehead atoms. The molecule has 1 rings (SSSR count). The number of halogens is 2. The molecule has 0 spiro atoms. The average Bonchev–Trinajstić information content (AvgIpc) is 2.18. The second-order valence-electron chi connectivity index (χ2n) is 3.38. The molecule has 2 nitrogen and oxygen atoms in total. The first-order valence-corrected chi connectivity index (χ1v) is 5.50. The maximum atomic E-state index is 13.3. The van der Waals surface area contributed by atoms with Gasteiger partial charge in [0, 0.05) is 4.47 Å². The molecule has 0 heterocycles. The van der Waals surface area contributed by atoms with Crippen LogP contribution < -0.4 is 0 Å². The van der Waals surface area contributed by atoms with Gasteiger partial charge in [-0.1, -0.05) is 22.9 Å². The predicted molar refractivity (Wildman–Crippen MR) is 59.2 cm³/mol. The van der Waals surface area contributed by atoms with Crippen LogP contribution in [0, 0.1) is 11.7 Å². The molecule has 0 fully saturated rings. The largest absolute Gasteiger partial charge is 0.481 e. The molecule has 4 heteroatoms. The van der Waals surface area contributed by atoms with E-state index in [1.54, 1.807) is 19.1 Å². The van der Waals surface area contributed by atoms with Crippen molar-refractivity contribution in [2.24, 2.45) is 5.92 Å². The van der Waals surface area contributed by atoms with Gasteiger partial charge in [-0.25, -0.2) is 4.39 Å². The fourth-order valence-electron chi connectivity index (χ4n) is 1.37. The summed E-state index contributed by atoms with van der Waals surface area (Å²) in [5.41, 5.74) is 0.443. The molecule has 0 amide bonds. The molecule has 0 aliphatic carbocycles. The Bertz CT molecular complexity index is 366. The predicted octanol–water partition coefficient (Wildman–Crippen LogP) is 3.24. The lowest BCUT2D eigenvalue weighted by atomic mass is 9.97. The highest BCUT2D eigenvalue weighted by Crippen LogP contribution is 2.20. The smallest absolute Gasteiger partial charge is 0.306 e. The fourth-order valence-corrected chi connectivity index (χ4v) is 1.78. The van der Waals surface area contributed by atoms with E-state index >= 15 is 0 Å². The van der Waals surface area contributed by atoms with E-state index in [2.05, 4.69) is 15.9 Å². The van der Waals surface area contributed by atoms with Crippen LogP contribution in [0.4, 0.5) is 4.39 Å². The summed E-state index contributed by atoms with van der Waals surface area (Å²) >= 11 is 3.23. The molecule has 1 aromatic rings. The zero-order valence-electron chi connectivity index (χ0n) is 8.34. The number of hydrogen-bond acceptors (Lipinski definition) is 1. The number of carboxylic acid groups (broad SMARTS) is 1. The Morgan fingerprint density at radius 3 is 2.80 bits per heavy atom. The Morgan fingerprint density at radius 2 is 2.27 bits per heavy atom. The Kier molecular flexibility index (Phi) is 4.27. The maximum absolute atomic E-state index is 13.3. The van der Waals surface area contributed by atoms with Crippen molar-refractivity contribution in [3.05, 3.63) is 34.1 Å². The van der Waals surface area contributed by atoms with Crippen molar-refractivity contribution in [3.8, 4) is 0 Å². The summed E-state index contributed by atoms with van der Waals surface area (Å²) in [6.07, 6.45) is 0.735. The standard InChI is InChI=1S/C11H12BrFO2/c1-2-7(11(14)15)5-8-6-9(12)3-4-10(8)13/h3-4,6-7H,2,5H2,1H3,(H,14,15). The van der Waals surface area contributed by atoms with Crippen LogP contribution in [0.25, 0.3) is 0 Å². The molecule has 0 radical (unpaired) electrons. The molecule has 1 atom stereocenters. The van der Waals surface area contributed by atoms with E-state index in [0.29, 0.717) is 12.0 Å². The molecule has 15 heavy (non-hydrogen) atoms. The molecule has 1 aromatic carbocycles. The molecule has 1 N–H and O–H groups in total. The summed E-state index contributed by atoms with van der Waals surface area (Å²) in [4.78, 5) is 10.8. The van der Waals surface area contributed by atoms with Crippen molar-refractivity contribution >= 4 is 21.9 Å². The second kappa shape index (κ2) is 5.26. The molecule has 1 unspecified atom stereocenters. The normalized spacial score (nSPS) is 12.5. The van der Waals surface area contributed by atoms with Gasteiger partial charge in [0.1, 0.15) is 5.82 Å². The highest BCUT2D eigenvalue weighted by atomic mass is 79.9. The Morgan fingerprint density at radius 1 is 1.60 bits per heavy atom. The van der Waals surface area contributed by atoms with Crippen LogP contribution in [-0.4, -0.2) is 11.1 Å². The minimum Gasteiger partial charge on any atom is -0.481 e. The topological polar surface area (TPSA) is 37.3 Å². The molecular formula is C11H12BrFO2. The monoisotopic (exact) mass is 274 g/mol. The van der Waals surface area contributed by atoms with Gasteiger partial charge in [0.15, 0.2) is 0 Å². The lowest BCUT2D eigenvalue weighted by molar-refractivity contribution is -0.141. The van der Waals surface area contributed by atoms with Crippen molar-refractivity contribution in [2.75, 3.05) is 0 Å². The first-order valence-electron chi connectivity index (χ1n) is 4.71. The molecular weight excluding hydrogens is 263 g/mol. The van der Waals surface area contributed by atoms with Crippen LogP contribution in [0.5, 0.6) is 0 Å². The quantitative estimate of drug-likeness (QED) is 0.915. The van der Waals surface area contributed by atoms with E-state index in [4.69, 9.17) is 5.11 Å². The molecule has 0 saturated carbocycles. The number of aliphatic carboxylic acids is 1. The van der Waals surface area contributed by atoms with Gasteiger partial charge in [-0.05, 0) is 36.6 Å². The lowest BCUT2D eigenvalue weighted by Gasteiger charge is -2.10. The van der Waals surface area contributed by atoms with E-state index in [0.717, 1.165) is 4.47 Å². The van der Waals surface area contributed by atoms with Gasteiger partial charge in [0.25, 0.3) is 0 Å². The Labute approximate surface area is 96.2 Å². The van der Waals surface area contributed by atoms with Gasteiger partial charge in [0.2, 0.25) is 0 Å². The van der Waals surface area contributed by atoms with Gasteiger partial charge in [-0.2, -0.15) is 0 Å². The van der Waals surface area contributed by atoms with Crippen molar-refractivity contribution in [2.45, 2.75) is 19.8 Å². The third kappa shape index (κ3) is 3.30. The fraction of sp³-hybridized carbons (Fsp3) is 0.364. The zero-order chi connectivity index (χ0) is 11.4. The summed E-state index contributed by atoms with van der Waals surface area (Å²) in [6, 6.07) is 4.56. The third-order valence-electron chi connectivity index (χ3n) is 2.32. The number of benzene rings is 1. The van der Waals surface area contributed by atoms with Gasteiger partial charge < -0.3 is 5.11 Å². The minimum atomic E-state index is -0.878. The van der Waals surface area contributed by atoms with E-state index in [1.807, 2.05) is 0 Å². The summed E-state index contributed by atoms with van der Waals surface area (Å²) in [6.45, 7) is 1.79. The van der Waals surface area contributed by atoms with Crippen LogP contribution in [0.2, 0.25) is 0 Å². The summed E-state index contributed by atoms with van der Waals surface area (Å²) in [5, 5.41) is 8.86. The van der Waals surface area contributed by atoms with Gasteiger partial charge in [0.05, 0.1) is 5.92 Å². The summed E-state index contributed by atoms with van der Waals surface area (Å²) in [5.74, 6) is -1.75. The average molecular weight is 275 g/mol. The zero-order valence-corrected chi connectivity index (χ0v) is 9.92. The minimum absolute atomic E-state index is 0.233. The van der Waals surface area contributed by atoms with Crippen LogP contribution in [0.3, 0.4) is 0 Å². The Hall–Kier alpha value is -0.900. The maximum Gasteiger partial charge on any atom is 0.306 e. The van der Waals surface area contributed by atoms with Crippen LogP contribution in [-0.2, 0) is 11.2 Å². The Balaban J connectivity index is 2.87. The van der Waals surface area contributed by atoms with Crippen molar-refractivity contribution in [3.63, 3.8) is 0 Å². The number of carbonyl (C=O) groups is 1. The number of hydrogen-bond donors (Lipinski definition) is 1.